The van der Waals surface area contributed by atoms with Crippen LogP contribution in [0.25, 0.3) is 0 Å². The van der Waals surface area contributed by atoms with E-state index in [1.165, 1.54) is 12.1 Å². The molecule has 1 N–H and O–H groups in total. The van der Waals surface area contributed by atoms with Crippen LogP contribution >= 0.6 is 0 Å². The number of para-hydroxylation sites is 2. The van der Waals surface area contributed by atoms with Gasteiger partial charge >= 0.3 is 5.97 Å². The Bertz CT molecular complexity index is 508. The quantitative estimate of drug-likeness (QED) is 0.651. The first-order valence-corrected chi connectivity index (χ1v) is 5.11. The summed E-state index contributed by atoms with van der Waals surface area (Å²) in [6.07, 6.45) is 0. The Balaban J connectivity index is 0.000000771. The molecule has 0 bridgehead atoms. The summed E-state index contributed by atoms with van der Waals surface area (Å²) in [5.41, 5.74) is 0.159. The first-order chi connectivity index (χ1) is 8.77. The van der Waals surface area contributed by atoms with Crippen LogP contribution in [-0.4, -0.2) is 17.9 Å². The Morgan fingerprint density at radius 3 is 2.11 bits per heavy atom. The molecule has 4 heteroatoms. The molecule has 0 aromatic heterocycles. The summed E-state index contributed by atoms with van der Waals surface area (Å²) in [5, 5.41) is 9.46. The van der Waals surface area contributed by atoms with Crippen LogP contribution in [0, 0.1) is 0 Å². The van der Waals surface area contributed by atoms with E-state index in [0.29, 0.717) is 5.75 Å². The Hall–Kier alpha value is -2.62. The number of hydrogen-bond acceptors (Lipinski definition) is 4. The van der Waals surface area contributed by atoms with Crippen molar-refractivity contribution in [2.75, 3.05) is 0 Å². The Morgan fingerprint density at radius 2 is 1.50 bits per heavy atom. The first kappa shape index (κ1) is 13.4. The van der Waals surface area contributed by atoms with Gasteiger partial charge in [0.2, 0.25) is 0 Å². The van der Waals surface area contributed by atoms with Gasteiger partial charge in [-0.1, -0.05) is 30.3 Å². The zero-order chi connectivity index (χ0) is 13.4. The van der Waals surface area contributed by atoms with Crippen LogP contribution in [0.2, 0.25) is 0 Å². The third-order valence-corrected chi connectivity index (χ3v) is 2.08. The lowest BCUT2D eigenvalue weighted by atomic mass is 10.2. The van der Waals surface area contributed by atoms with Crippen molar-refractivity contribution in [3.63, 3.8) is 0 Å². The minimum absolute atomic E-state index is 0.0802. The van der Waals surface area contributed by atoms with Crippen LogP contribution in [0.4, 0.5) is 0 Å². The Labute approximate surface area is 104 Å². The number of aromatic hydroxyl groups is 1. The molecule has 0 aliphatic rings. The van der Waals surface area contributed by atoms with Gasteiger partial charge in [0.15, 0.2) is 0 Å². The maximum absolute atomic E-state index is 11.7. The van der Waals surface area contributed by atoms with Crippen LogP contribution in [-0.2, 0) is 4.79 Å². The maximum Gasteiger partial charge on any atom is 0.347 e. The summed E-state index contributed by atoms with van der Waals surface area (Å²) in [4.78, 5) is 19.7. The van der Waals surface area contributed by atoms with Crippen molar-refractivity contribution in [2.45, 2.75) is 0 Å². The minimum Gasteiger partial charge on any atom is -0.507 e. The van der Waals surface area contributed by atoms with Crippen LogP contribution in [0.15, 0.2) is 54.6 Å². The average Bonchev–Trinajstić information content (AvgIpc) is 2.42. The number of carbonyl (C=O) groups is 2. The lowest BCUT2D eigenvalue weighted by Crippen LogP contribution is -2.08. The molecule has 2 rings (SSSR count). The molecule has 4 nitrogen and oxygen atoms in total. The molecule has 0 saturated heterocycles. The predicted octanol–water partition coefficient (Wildman–Crippen LogP) is 2.43. The van der Waals surface area contributed by atoms with E-state index in [1.54, 1.807) is 36.4 Å². The average molecular weight is 244 g/mol. The standard InChI is InChI=1S/C13H10O3.CH2O/c14-12-9-5-4-8-11(12)13(15)16-10-6-2-1-3-7-10;1-2/h1-9,14H;1H2. The molecule has 0 unspecified atom stereocenters. The van der Waals surface area contributed by atoms with E-state index in [2.05, 4.69) is 0 Å². The molecule has 18 heavy (non-hydrogen) atoms. The molecule has 0 radical (unpaired) electrons. The summed E-state index contributed by atoms with van der Waals surface area (Å²) in [5.74, 6) is -0.191. The highest BCUT2D eigenvalue weighted by Gasteiger charge is 2.12. The zero-order valence-electron chi connectivity index (χ0n) is 9.58. The second kappa shape index (κ2) is 6.85. The topological polar surface area (TPSA) is 63.6 Å². The molecule has 0 spiro atoms. The summed E-state index contributed by atoms with van der Waals surface area (Å²) >= 11 is 0. The van der Waals surface area contributed by atoms with E-state index in [9.17, 15) is 9.90 Å². The summed E-state index contributed by atoms with van der Waals surface area (Å²) in [6.45, 7) is 2.00. The van der Waals surface area contributed by atoms with Crippen molar-refractivity contribution >= 4 is 12.8 Å². The molecule has 0 heterocycles. The van der Waals surface area contributed by atoms with Crippen molar-refractivity contribution in [3.05, 3.63) is 60.2 Å². The molecule has 0 saturated carbocycles. The van der Waals surface area contributed by atoms with Gasteiger partial charge in [-0.05, 0) is 24.3 Å². The first-order valence-electron chi connectivity index (χ1n) is 5.11. The third-order valence-electron chi connectivity index (χ3n) is 2.08. The molecular weight excluding hydrogens is 232 g/mol. The highest BCUT2D eigenvalue weighted by molar-refractivity contribution is 5.93. The highest BCUT2D eigenvalue weighted by atomic mass is 16.5. The number of phenols is 1. The molecule has 0 amide bonds. The van der Waals surface area contributed by atoms with Gasteiger partial charge in [0.25, 0.3) is 0 Å². The van der Waals surface area contributed by atoms with Crippen LogP contribution < -0.4 is 4.74 Å². The second-order valence-electron chi connectivity index (χ2n) is 3.22. The Morgan fingerprint density at radius 1 is 0.944 bits per heavy atom. The number of benzene rings is 2. The van der Waals surface area contributed by atoms with Gasteiger partial charge < -0.3 is 14.6 Å². The van der Waals surface area contributed by atoms with E-state index in [-0.39, 0.29) is 11.3 Å². The SMILES string of the molecule is C=O.O=C(Oc1ccccc1)c1ccccc1O. The number of ether oxygens (including phenoxy) is 1. The van der Waals surface area contributed by atoms with Gasteiger partial charge in [0.1, 0.15) is 23.9 Å². The predicted molar refractivity (Wildman–Crippen MR) is 66.6 cm³/mol. The fourth-order valence-corrected chi connectivity index (χ4v) is 1.30. The van der Waals surface area contributed by atoms with E-state index in [1.807, 2.05) is 12.9 Å². The zero-order valence-corrected chi connectivity index (χ0v) is 9.58. The number of carbonyl (C=O) groups excluding carboxylic acids is 2. The van der Waals surface area contributed by atoms with Crippen LogP contribution in [0.3, 0.4) is 0 Å². The molecular formula is C14H12O4. The van der Waals surface area contributed by atoms with Crippen molar-refractivity contribution in [2.24, 2.45) is 0 Å². The monoisotopic (exact) mass is 244 g/mol. The normalized spacial score (nSPS) is 8.89. The van der Waals surface area contributed by atoms with Crippen LogP contribution in [0.5, 0.6) is 11.5 Å². The minimum atomic E-state index is -0.565. The Kier molecular flexibility index (Phi) is 5.12. The third kappa shape index (κ3) is 3.45. The van der Waals surface area contributed by atoms with Crippen molar-refractivity contribution in [3.8, 4) is 11.5 Å². The molecule has 2 aromatic carbocycles. The molecule has 0 aliphatic heterocycles. The van der Waals surface area contributed by atoms with Gasteiger partial charge in [-0.3, -0.25) is 0 Å². The largest absolute Gasteiger partial charge is 0.507 e. The molecule has 92 valence electrons. The van der Waals surface area contributed by atoms with E-state index >= 15 is 0 Å². The fraction of sp³-hybridized carbons (Fsp3) is 0. The summed E-state index contributed by atoms with van der Waals surface area (Å²) < 4.78 is 5.08. The number of phenolic OH excluding ortho intramolecular Hbond substituents is 1. The molecule has 0 aliphatic carbocycles. The van der Waals surface area contributed by atoms with Gasteiger partial charge in [0, 0.05) is 0 Å². The van der Waals surface area contributed by atoms with Crippen LogP contribution in [0.1, 0.15) is 10.4 Å². The van der Waals surface area contributed by atoms with Gasteiger partial charge in [-0.15, -0.1) is 0 Å². The molecule has 2 aromatic rings. The second-order valence-corrected chi connectivity index (χ2v) is 3.22. The smallest absolute Gasteiger partial charge is 0.347 e. The fourth-order valence-electron chi connectivity index (χ4n) is 1.30. The van der Waals surface area contributed by atoms with Gasteiger partial charge in [0.05, 0.1) is 0 Å². The van der Waals surface area contributed by atoms with Crippen molar-refractivity contribution in [1.82, 2.24) is 0 Å². The molecule has 0 fully saturated rings. The number of hydrogen-bond donors (Lipinski definition) is 1. The highest BCUT2D eigenvalue weighted by Crippen LogP contribution is 2.18. The van der Waals surface area contributed by atoms with Gasteiger partial charge in [-0.2, -0.15) is 0 Å². The van der Waals surface area contributed by atoms with E-state index < -0.39 is 5.97 Å². The van der Waals surface area contributed by atoms with Crippen molar-refractivity contribution in [1.29, 1.82) is 0 Å². The van der Waals surface area contributed by atoms with E-state index in [4.69, 9.17) is 9.53 Å². The number of rotatable bonds is 2. The van der Waals surface area contributed by atoms with E-state index in [0.717, 1.165) is 0 Å². The number of esters is 1. The maximum atomic E-state index is 11.7. The summed E-state index contributed by atoms with van der Waals surface area (Å²) in [7, 11) is 0. The lowest BCUT2D eigenvalue weighted by Gasteiger charge is -2.04. The molecule has 0 atom stereocenters. The van der Waals surface area contributed by atoms with Gasteiger partial charge in [-0.25, -0.2) is 4.79 Å². The summed E-state index contributed by atoms with van der Waals surface area (Å²) in [6, 6.07) is 15.0. The lowest BCUT2D eigenvalue weighted by molar-refractivity contribution is -0.0980. The van der Waals surface area contributed by atoms with Crippen molar-refractivity contribution < 1.29 is 19.4 Å².